The summed E-state index contributed by atoms with van der Waals surface area (Å²) in [5, 5.41) is 3.71. The van der Waals surface area contributed by atoms with Crippen LogP contribution in [0.2, 0.25) is 0 Å². The second-order valence-electron chi connectivity index (χ2n) is 5.55. The molecule has 0 saturated carbocycles. The second kappa shape index (κ2) is 6.56. The third-order valence-corrected chi connectivity index (χ3v) is 4.24. The average molecular weight is 279 g/mol. The summed E-state index contributed by atoms with van der Waals surface area (Å²) < 4.78 is 0. The van der Waals surface area contributed by atoms with E-state index in [-0.39, 0.29) is 5.54 Å². The molecule has 1 saturated heterocycles. The van der Waals surface area contributed by atoms with Crippen LogP contribution in [0.25, 0.3) is 0 Å². The van der Waals surface area contributed by atoms with E-state index < -0.39 is 0 Å². The van der Waals surface area contributed by atoms with E-state index in [9.17, 15) is 0 Å². The third-order valence-electron chi connectivity index (χ3n) is 4.06. The van der Waals surface area contributed by atoms with E-state index in [1.54, 1.807) is 5.54 Å². The van der Waals surface area contributed by atoms with E-state index in [0.717, 1.165) is 19.6 Å². The van der Waals surface area contributed by atoms with Crippen LogP contribution in [0.5, 0.6) is 0 Å². The van der Waals surface area contributed by atoms with Crippen molar-refractivity contribution in [3.05, 3.63) is 47.5 Å². The fourth-order valence-corrected chi connectivity index (χ4v) is 2.86. The SMILES string of the molecule is CC1CCNC(C)(c2ccccc2)CN1C/C=C/Cl. The molecule has 1 aromatic rings. The largest absolute Gasteiger partial charge is 0.306 e. The van der Waals surface area contributed by atoms with E-state index in [0.29, 0.717) is 6.04 Å². The maximum Gasteiger partial charge on any atom is 0.0535 e. The summed E-state index contributed by atoms with van der Waals surface area (Å²) in [5.41, 5.74) is 2.97. The highest BCUT2D eigenvalue weighted by atomic mass is 35.5. The number of rotatable bonds is 3. The third kappa shape index (κ3) is 3.59. The molecule has 19 heavy (non-hydrogen) atoms. The number of nitrogens with one attached hydrogen (secondary N) is 1. The minimum absolute atomic E-state index is 0.00612. The molecule has 1 fully saturated rings. The van der Waals surface area contributed by atoms with E-state index in [2.05, 4.69) is 54.4 Å². The smallest absolute Gasteiger partial charge is 0.0535 e. The van der Waals surface area contributed by atoms with Gasteiger partial charge in [0.25, 0.3) is 0 Å². The van der Waals surface area contributed by atoms with Crippen LogP contribution in [-0.4, -0.2) is 30.6 Å². The molecule has 3 heteroatoms. The number of hydrogen-bond donors (Lipinski definition) is 1. The summed E-state index contributed by atoms with van der Waals surface area (Å²) in [5.74, 6) is 0. The molecule has 1 aliphatic rings. The lowest BCUT2D eigenvalue weighted by atomic mass is 9.91. The Morgan fingerprint density at radius 2 is 2.16 bits per heavy atom. The summed E-state index contributed by atoms with van der Waals surface area (Å²) in [6, 6.07) is 11.3. The van der Waals surface area contributed by atoms with Crippen molar-refractivity contribution in [3.8, 4) is 0 Å². The van der Waals surface area contributed by atoms with Gasteiger partial charge in [-0.3, -0.25) is 4.90 Å². The van der Waals surface area contributed by atoms with E-state index >= 15 is 0 Å². The van der Waals surface area contributed by atoms with Crippen molar-refractivity contribution in [3.63, 3.8) is 0 Å². The molecule has 1 aromatic carbocycles. The van der Waals surface area contributed by atoms with Gasteiger partial charge in [0, 0.05) is 24.7 Å². The first-order chi connectivity index (χ1) is 9.15. The number of benzene rings is 1. The zero-order valence-electron chi connectivity index (χ0n) is 11.8. The van der Waals surface area contributed by atoms with Gasteiger partial charge in [0.1, 0.15) is 0 Å². The van der Waals surface area contributed by atoms with Gasteiger partial charge in [-0.1, -0.05) is 48.0 Å². The summed E-state index contributed by atoms with van der Waals surface area (Å²) >= 11 is 5.67. The van der Waals surface area contributed by atoms with Crippen molar-refractivity contribution in [1.82, 2.24) is 10.2 Å². The van der Waals surface area contributed by atoms with Crippen molar-refractivity contribution in [1.29, 1.82) is 0 Å². The highest BCUT2D eigenvalue weighted by Crippen LogP contribution is 2.25. The normalized spacial score (nSPS) is 29.5. The van der Waals surface area contributed by atoms with Gasteiger partial charge in [-0.25, -0.2) is 0 Å². The lowest BCUT2D eigenvalue weighted by Gasteiger charge is -2.35. The highest BCUT2D eigenvalue weighted by molar-refractivity contribution is 6.25. The average Bonchev–Trinajstić information content (AvgIpc) is 2.58. The van der Waals surface area contributed by atoms with Crippen molar-refractivity contribution in [2.45, 2.75) is 31.8 Å². The molecule has 1 heterocycles. The minimum Gasteiger partial charge on any atom is -0.306 e. The molecule has 2 atom stereocenters. The van der Waals surface area contributed by atoms with Crippen molar-refractivity contribution in [2.24, 2.45) is 0 Å². The van der Waals surface area contributed by atoms with Gasteiger partial charge < -0.3 is 5.32 Å². The first-order valence-electron chi connectivity index (χ1n) is 6.95. The molecule has 1 aliphatic heterocycles. The van der Waals surface area contributed by atoms with Crippen molar-refractivity contribution >= 4 is 11.6 Å². The van der Waals surface area contributed by atoms with Gasteiger partial charge in [-0.05, 0) is 32.4 Å². The monoisotopic (exact) mass is 278 g/mol. The molecule has 2 rings (SSSR count). The van der Waals surface area contributed by atoms with E-state index in [4.69, 9.17) is 11.6 Å². The van der Waals surface area contributed by atoms with Crippen LogP contribution in [0, 0.1) is 0 Å². The Hall–Kier alpha value is -0.830. The fourth-order valence-electron chi connectivity index (χ4n) is 2.78. The molecule has 2 unspecified atom stereocenters. The molecule has 1 N–H and O–H groups in total. The zero-order chi connectivity index (χ0) is 13.7. The Morgan fingerprint density at radius 1 is 1.42 bits per heavy atom. The molecule has 0 radical (unpaired) electrons. The van der Waals surface area contributed by atoms with E-state index in [1.165, 1.54) is 12.0 Å². The Balaban J connectivity index is 2.20. The predicted molar refractivity (Wildman–Crippen MR) is 82.4 cm³/mol. The maximum atomic E-state index is 5.67. The first-order valence-corrected chi connectivity index (χ1v) is 7.39. The highest BCUT2D eigenvalue weighted by Gasteiger charge is 2.32. The Bertz CT molecular complexity index is 418. The molecule has 0 aliphatic carbocycles. The second-order valence-corrected chi connectivity index (χ2v) is 5.81. The van der Waals surface area contributed by atoms with Crippen molar-refractivity contribution in [2.75, 3.05) is 19.6 Å². The van der Waals surface area contributed by atoms with Gasteiger partial charge in [0.2, 0.25) is 0 Å². The quantitative estimate of drug-likeness (QED) is 0.912. The van der Waals surface area contributed by atoms with Crippen LogP contribution in [0.1, 0.15) is 25.8 Å². The van der Waals surface area contributed by atoms with Gasteiger partial charge >= 0.3 is 0 Å². The van der Waals surface area contributed by atoms with Crippen LogP contribution in [0.15, 0.2) is 41.9 Å². The Morgan fingerprint density at radius 3 is 2.84 bits per heavy atom. The lowest BCUT2D eigenvalue weighted by Crippen LogP contribution is -2.47. The fraction of sp³-hybridized carbons (Fsp3) is 0.500. The van der Waals surface area contributed by atoms with Gasteiger partial charge in [0.05, 0.1) is 5.54 Å². The summed E-state index contributed by atoms with van der Waals surface area (Å²) in [6.45, 7) is 7.54. The number of nitrogens with zero attached hydrogens (tertiary/aromatic N) is 1. The lowest BCUT2D eigenvalue weighted by molar-refractivity contribution is 0.192. The van der Waals surface area contributed by atoms with Crippen LogP contribution >= 0.6 is 11.6 Å². The molecule has 0 spiro atoms. The molecule has 0 aromatic heterocycles. The van der Waals surface area contributed by atoms with Gasteiger partial charge in [0.15, 0.2) is 0 Å². The van der Waals surface area contributed by atoms with Crippen LogP contribution in [-0.2, 0) is 5.54 Å². The topological polar surface area (TPSA) is 15.3 Å². The Labute approximate surface area is 121 Å². The predicted octanol–water partition coefficient (Wildman–Crippen LogP) is 3.34. The summed E-state index contributed by atoms with van der Waals surface area (Å²) in [7, 11) is 0. The van der Waals surface area contributed by atoms with Crippen molar-refractivity contribution < 1.29 is 0 Å². The minimum atomic E-state index is 0.00612. The molecule has 2 nitrogen and oxygen atoms in total. The molecular formula is C16H23ClN2. The zero-order valence-corrected chi connectivity index (χ0v) is 12.5. The van der Waals surface area contributed by atoms with Gasteiger partial charge in [-0.2, -0.15) is 0 Å². The van der Waals surface area contributed by atoms with Crippen LogP contribution in [0.4, 0.5) is 0 Å². The summed E-state index contributed by atoms with van der Waals surface area (Å²) in [4.78, 5) is 2.49. The maximum absolute atomic E-state index is 5.67. The standard InChI is InChI=1S/C16H23ClN2/c1-14-9-11-18-16(2,13-19(14)12-6-10-17)15-7-4-3-5-8-15/h3-8,10,14,18H,9,11-13H2,1-2H3/b10-6+. The van der Waals surface area contributed by atoms with Gasteiger partial charge in [-0.15, -0.1) is 0 Å². The summed E-state index contributed by atoms with van der Waals surface area (Å²) in [6.07, 6.45) is 3.19. The van der Waals surface area contributed by atoms with E-state index in [1.807, 2.05) is 6.08 Å². The molecule has 104 valence electrons. The first kappa shape index (κ1) is 14.6. The van der Waals surface area contributed by atoms with Crippen LogP contribution in [0.3, 0.4) is 0 Å². The molecule has 0 bridgehead atoms. The number of halogens is 1. The molecular weight excluding hydrogens is 256 g/mol. The molecule has 0 amide bonds. The Kier molecular flexibility index (Phi) is 5.03. The van der Waals surface area contributed by atoms with Crippen LogP contribution < -0.4 is 5.32 Å². The number of hydrogen-bond acceptors (Lipinski definition) is 2.